The molecule has 0 heterocycles. The van der Waals surface area contributed by atoms with Crippen molar-refractivity contribution >= 4 is 11.9 Å². The van der Waals surface area contributed by atoms with Gasteiger partial charge < -0.3 is 20.9 Å². The molecule has 0 spiro atoms. The van der Waals surface area contributed by atoms with Crippen molar-refractivity contribution in [3.05, 3.63) is 0 Å². The molecule has 0 radical (unpaired) electrons. The van der Waals surface area contributed by atoms with E-state index in [1.165, 1.54) is 0 Å². The minimum atomic E-state index is -0.871. The standard InChI is InChI=1S/C10H20N2O4/c1-7(3-4-9(13)14)12-10(15)8(11)5-6-16-2/h7-8H,3-6,11H2,1-2H3,(H,12,15)(H,13,14). The highest BCUT2D eigenvalue weighted by Gasteiger charge is 2.15. The van der Waals surface area contributed by atoms with Gasteiger partial charge in [0.2, 0.25) is 5.91 Å². The summed E-state index contributed by atoms with van der Waals surface area (Å²) >= 11 is 0. The highest BCUT2D eigenvalue weighted by molar-refractivity contribution is 5.81. The average Bonchev–Trinajstić information content (AvgIpc) is 2.22. The Morgan fingerprint density at radius 2 is 2.06 bits per heavy atom. The molecule has 94 valence electrons. The quantitative estimate of drug-likeness (QED) is 0.534. The Hall–Kier alpha value is -1.14. The van der Waals surface area contributed by atoms with E-state index in [1.54, 1.807) is 14.0 Å². The minimum Gasteiger partial charge on any atom is -0.481 e. The Morgan fingerprint density at radius 3 is 2.56 bits per heavy atom. The molecule has 0 aromatic carbocycles. The van der Waals surface area contributed by atoms with Crippen molar-refractivity contribution in [2.45, 2.75) is 38.3 Å². The van der Waals surface area contributed by atoms with E-state index in [9.17, 15) is 9.59 Å². The molecule has 0 aliphatic carbocycles. The summed E-state index contributed by atoms with van der Waals surface area (Å²) < 4.78 is 4.81. The van der Waals surface area contributed by atoms with Gasteiger partial charge in [-0.2, -0.15) is 0 Å². The lowest BCUT2D eigenvalue weighted by Gasteiger charge is -2.16. The number of carboxylic acids is 1. The molecule has 0 aliphatic heterocycles. The second-order valence-corrected chi connectivity index (χ2v) is 3.73. The molecule has 2 atom stereocenters. The Morgan fingerprint density at radius 1 is 1.44 bits per heavy atom. The highest BCUT2D eigenvalue weighted by Crippen LogP contribution is 1.98. The lowest BCUT2D eigenvalue weighted by atomic mass is 10.1. The van der Waals surface area contributed by atoms with Crippen molar-refractivity contribution in [1.82, 2.24) is 5.32 Å². The van der Waals surface area contributed by atoms with Crippen molar-refractivity contribution in [2.75, 3.05) is 13.7 Å². The number of carboxylic acid groups (broad SMARTS) is 1. The number of carbonyl (C=O) groups is 2. The molecule has 4 N–H and O–H groups in total. The second-order valence-electron chi connectivity index (χ2n) is 3.73. The third-order valence-electron chi connectivity index (χ3n) is 2.15. The summed E-state index contributed by atoms with van der Waals surface area (Å²) in [6.45, 7) is 2.18. The number of ether oxygens (including phenoxy) is 1. The van der Waals surface area contributed by atoms with Gasteiger partial charge in [0, 0.05) is 26.2 Å². The van der Waals surface area contributed by atoms with Gasteiger partial charge in [0.05, 0.1) is 6.04 Å². The van der Waals surface area contributed by atoms with Gasteiger partial charge in [-0.05, 0) is 19.8 Å². The van der Waals surface area contributed by atoms with Crippen LogP contribution < -0.4 is 11.1 Å². The zero-order chi connectivity index (χ0) is 12.6. The van der Waals surface area contributed by atoms with Gasteiger partial charge in [0.15, 0.2) is 0 Å². The molecule has 0 aliphatic rings. The normalized spacial score (nSPS) is 14.2. The van der Waals surface area contributed by atoms with Gasteiger partial charge in [0.25, 0.3) is 0 Å². The maximum absolute atomic E-state index is 11.5. The monoisotopic (exact) mass is 232 g/mol. The number of hydrogen-bond donors (Lipinski definition) is 3. The summed E-state index contributed by atoms with van der Waals surface area (Å²) in [4.78, 5) is 21.8. The van der Waals surface area contributed by atoms with Gasteiger partial charge in [-0.15, -0.1) is 0 Å². The number of rotatable bonds is 8. The smallest absolute Gasteiger partial charge is 0.303 e. The predicted molar refractivity (Wildman–Crippen MR) is 58.9 cm³/mol. The number of hydrogen-bond acceptors (Lipinski definition) is 4. The first-order valence-electron chi connectivity index (χ1n) is 5.24. The van der Waals surface area contributed by atoms with E-state index >= 15 is 0 Å². The fourth-order valence-electron chi connectivity index (χ4n) is 1.14. The van der Waals surface area contributed by atoms with Crippen LogP contribution in [0.25, 0.3) is 0 Å². The lowest BCUT2D eigenvalue weighted by Crippen LogP contribution is -2.45. The molecule has 6 heteroatoms. The molecule has 2 unspecified atom stereocenters. The zero-order valence-electron chi connectivity index (χ0n) is 9.73. The largest absolute Gasteiger partial charge is 0.481 e. The van der Waals surface area contributed by atoms with Crippen LogP contribution in [-0.2, 0) is 14.3 Å². The lowest BCUT2D eigenvalue weighted by molar-refractivity contribution is -0.137. The van der Waals surface area contributed by atoms with Crippen molar-refractivity contribution in [3.8, 4) is 0 Å². The molecule has 6 nitrogen and oxygen atoms in total. The summed E-state index contributed by atoms with van der Waals surface area (Å²) in [6, 6.07) is -0.788. The summed E-state index contributed by atoms with van der Waals surface area (Å²) in [5.74, 6) is -1.14. The Labute approximate surface area is 95.1 Å². The average molecular weight is 232 g/mol. The van der Waals surface area contributed by atoms with Crippen LogP contribution in [-0.4, -0.2) is 42.8 Å². The van der Waals surface area contributed by atoms with Crippen LogP contribution in [0.4, 0.5) is 0 Å². The van der Waals surface area contributed by atoms with Gasteiger partial charge in [-0.25, -0.2) is 0 Å². The van der Waals surface area contributed by atoms with Crippen LogP contribution in [0, 0.1) is 0 Å². The van der Waals surface area contributed by atoms with Crippen LogP contribution in [0.15, 0.2) is 0 Å². The number of amides is 1. The molecular formula is C10H20N2O4. The predicted octanol–water partition coefficient (Wildman–Crippen LogP) is -0.280. The van der Waals surface area contributed by atoms with Gasteiger partial charge >= 0.3 is 5.97 Å². The molecular weight excluding hydrogens is 212 g/mol. The Balaban J connectivity index is 3.80. The first-order chi connectivity index (χ1) is 7.47. The third-order valence-corrected chi connectivity index (χ3v) is 2.15. The van der Waals surface area contributed by atoms with E-state index in [1.807, 2.05) is 0 Å². The van der Waals surface area contributed by atoms with E-state index in [0.717, 1.165) is 0 Å². The van der Waals surface area contributed by atoms with Crippen molar-refractivity contribution < 1.29 is 19.4 Å². The molecule has 0 aromatic rings. The Bertz CT molecular complexity index is 233. The van der Waals surface area contributed by atoms with Crippen LogP contribution in [0.3, 0.4) is 0 Å². The van der Waals surface area contributed by atoms with Crippen molar-refractivity contribution in [3.63, 3.8) is 0 Å². The minimum absolute atomic E-state index is 0.0365. The van der Waals surface area contributed by atoms with E-state index in [0.29, 0.717) is 19.4 Å². The van der Waals surface area contributed by atoms with Gasteiger partial charge in [0.1, 0.15) is 0 Å². The molecule has 0 saturated heterocycles. The van der Waals surface area contributed by atoms with Gasteiger partial charge in [-0.3, -0.25) is 9.59 Å². The second kappa shape index (κ2) is 8.06. The highest BCUT2D eigenvalue weighted by atomic mass is 16.5. The maximum Gasteiger partial charge on any atom is 0.303 e. The number of carbonyl (C=O) groups excluding carboxylic acids is 1. The van der Waals surface area contributed by atoms with Crippen LogP contribution >= 0.6 is 0 Å². The zero-order valence-corrected chi connectivity index (χ0v) is 9.73. The number of nitrogens with one attached hydrogen (secondary N) is 1. The molecule has 0 rings (SSSR count). The molecule has 0 fully saturated rings. The van der Waals surface area contributed by atoms with E-state index in [-0.39, 0.29) is 18.4 Å². The fourth-order valence-corrected chi connectivity index (χ4v) is 1.14. The third kappa shape index (κ3) is 7.19. The van der Waals surface area contributed by atoms with Crippen molar-refractivity contribution in [2.24, 2.45) is 5.73 Å². The van der Waals surface area contributed by atoms with E-state index < -0.39 is 12.0 Å². The number of methoxy groups -OCH3 is 1. The SMILES string of the molecule is COCCC(N)C(=O)NC(C)CCC(=O)O. The number of aliphatic carboxylic acids is 1. The maximum atomic E-state index is 11.5. The summed E-state index contributed by atoms with van der Waals surface area (Å²) in [5.41, 5.74) is 5.60. The van der Waals surface area contributed by atoms with Crippen LogP contribution in [0.2, 0.25) is 0 Å². The van der Waals surface area contributed by atoms with E-state index in [2.05, 4.69) is 5.32 Å². The van der Waals surface area contributed by atoms with Crippen molar-refractivity contribution in [1.29, 1.82) is 0 Å². The van der Waals surface area contributed by atoms with E-state index in [4.69, 9.17) is 15.6 Å². The molecule has 16 heavy (non-hydrogen) atoms. The number of nitrogens with two attached hydrogens (primary N) is 1. The molecule has 0 aromatic heterocycles. The Kier molecular flexibility index (Phi) is 7.49. The summed E-state index contributed by atoms with van der Waals surface area (Å²) in [6.07, 6.45) is 0.890. The topological polar surface area (TPSA) is 102 Å². The van der Waals surface area contributed by atoms with Gasteiger partial charge in [-0.1, -0.05) is 0 Å². The van der Waals surface area contributed by atoms with Crippen LogP contribution in [0.1, 0.15) is 26.2 Å². The molecule has 1 amide bonds. The first kappa shape index (κ1) is 14.9. The first-order valence-corrected chi connectivity index (χ1v) is 5.24. The fraction of sp³-hybridized carbons (Fsp3) is 0.800. The molecule has 0 bridgehead atoms. The molecule has 0 saturated carbocycles. The summed E-state index contributed by atoms with van der Waals surface area (Å²) in [7, 11) is 1.54. The van der Waals surface area contributed by atoms with Crippen LogP contribution in [0.5, 0.6) is 0 Å². The summed E-state index contributed by atoms with van der Waals surface area (Å²) in [5, 5.41) is 11.1.